The highest BCUT2D eigenvalue weighted by Crippen LogP contribution is 2.69. The molecule has 2 aliphatic heterocycles. The van der Waals surface area contributed by atoms with E-state index >= 15 is 0 Å². The summed E-state index contributed by atoms with van der Waals surface area (Å²) in [5.41, 5.74) is 2.64. The van der Waals surface area contributed by atoms with Crippen molar-refractivity contribution in [2.24, 2.45) is 28.6 Å². The van der Waals surface area contributed by atoms with Gasteiger partial charge in [-0.1, -0.05) is 25.5 Å². The first-order valence-corrected chi connectivity index (χ1v) is 10.6. The molecule has 138 valence electrons. The average molecular weight is 344 g/mol. The summed E-state index contributed by atoms with van der Waals surface area (Å²) in [6.07, 6.45) is 12.8. The summed E-state index contributed by atoms with van der Waals surface area (Å²) in [6.45, 7) is 7.66. The summed E-state index contributed by atoms with van der Waals surface area (Å²) in [4.78, 5) is 0. The van der Waals surface area contributed by atoms with Crippen LogP contribution in [0.3, 0.4) is 0 Å². The molecule has 0 N–H and O–H groups in total. The van der Waals surface area contributed by atoms with E-state index in [0.717, 1.165) is 44.0 Å². The summed E-state index contributed by atoms with van der Waals surface area (Å²) in [5, 5.41) is 0. The van der Waals surface area contributed by atoms with Gasteiger partial charge in [-0.3, -0.25) is 0 Å². The minimum absolute atomic E-state index is 0.224. The maximum atomic E-state index is 6.27. The zero-order valence-corrected chi connectivity index (χ0v) is 15.8. The van der Waals surface area contributed by atoms with Gasteiger partial charge in [0.15, 0.2) is 5.79 Å². The Morgan fingerprint density at radius 2 is 1.68 bits per heavy atom. The van der Waals surface area contributed by atoms with Gasteiger partial charge in [0.25, 0.3) is 0 Å². The zero-order chi connectivity index (χ0) is 16.9. The Balaban J connectivity index is 1.35. The topological polar surface area (TPSA) is 31.0 Å². The van der Waals surface area contributed by atoms with Gasteiger partial charge < -0.3 is 14.2 Å². The van der Waals surface area contributed by atoms with Crippen molar-refractivity contribution in [2.45, 2.75) is 76.6 Å². The summed E-state index contributed by atoms with van der Waals surface area (Å²) >= 11 is 0. The van der Waals surface area contributed by atoms with Crippen LogP contribution >= 0.6 is 0 Å². The van der Waals surface area contributed by atoms with Gasteiger partial charge in [0.1, 0.15) is 0 Å². The number of epoxide rings is 1. The van der Waals surface area contributed by atoms with Crippen LogP contribution in [-0.2, 0) is 14.2 Å². The van der Waals surface area contributed by atoms with Gasteiger partial charge in [-0.25, -0.2) is 0 Å². The molecule has 2 heterocycles. The first kappa shape index (κ1) is 15.7. The molecule has 3 heteroatoms. The van der Waals surface area contributed by atoms with Gasteiger partial charge >= 0.3 is 0 Å². The van der Waals surface area contributed by atoms with Crippen LogP contribution in [0.25, 0.3) is 0 Å². The Kier molecular flexibility index (Phi) is 2.95. The van der Waals surface area contributed by atoms with E-state index in [9.17, 15) is 0 Å². The monoisotopic (exact) mass is 344 g/mol. The molecule has 0 bridgehead atoms. The van der Waals surface area contributed by atoms with E-state index in [1.807, 2.05) is 0 Å². The Morgan fingerprint density at radius 1 is 0.920 bits per heavy atom. The molecule has 0 radical (unpaired) electrons. The lowest BCUT2D eigenvalue weighted by molar-refractivity contribution is -0.242. The molecule has 0 amide bonds. The van der Waals surface area contributed by atoms with Crippen LogP contribution in [0.4, 0.5) is 0 Å². The Bertz CT molecular complexity index is 629. The van der Waals surface area contributed by atoms with Crippen molar-refractivity contribution in [3.8, 4) is 0 Å². The van der Waals surface area contributed by atoms with E-state index in [0.29, 0.717) is 5.41 Å². The summed E-state index contributed by atoms with van der Waals surface area (Å²) in [6, 6.07) is 0. The van der Waals surface area contributed by atoms with Crippen molar-refractivity contribution in [3.63, 3.8) is 0 Å². The first-order valence-electron chi connectivity index (χ1n) is 10.6. The van der Waals surface area contributed by atoms with Gasteiger partial charge in [0.2, 0.25) is 0 Å². The molecule has 0 aromatic rings. The minimum atomic E-state index is -0.258. The van der Waals surface area contributed by atoms with E-state index in [1.54, 1.807) is 5.57 Å². The summed E-state index contributed by atoms with van der Waals surface area (Å²) in [5.74, 6) is 2.20. The standard InChI is InChI=1S/C22H32O3/c1-19-9-10-21(14-25-21)13-15(19)3-4-16-17(19)5-7-20(2)18(16)6-8-22(20)23-11-12-24-22/h3,16-18H,4-14H2,1-2H3/t16-,17+,18+,19+,20+,21+/m1/s1. The fourth-order valence-corrected chi connectivity index (χ4v) is 7.93. The van der Waals surface area contributed by atoms with Gasteiger partial charge in [-0.2, -0.15) is 0 Å². The number of rotatable bonds is 0. The highest BCUT2D eigenvalue weighted by molar-refractivity contribution is 5.29. The quantitative estimate of drug-likeness (QED) is 0.480. The molecule has 3 saturated carbocycles. The third-order valence-electron chi connectivity index (χ3n) is 9.59. The van der Waals surface area contributed by atoms with Gasteiger partial charge in [0, 0.05) is 18.3 Å². The van der Waals surface area contributed by atoms with Crippen LogP contribution in [0.2, 0.25) is 0 Å². The van der Waals surface area contributed by atoms with Crippen molar-refractivity contribution in [1.29, 1.82) is 0 Å². The molecular weight excluding hydrogens is 312 g/mol. The molecule has 2 saturated heterocycles. The second kappa shape index (κ2) is 4.72. The molecule has 0 aromatic heterocycles. The molecule has 25 heavy (non-hydrogen) atoms. The molecule has 5 fully saturated rings. The second-order valence-electron chi connectivity index (χ2n) is 10.4. The first-order chi connectivity index (χ1) is 12.0. The Morgan fingerprint density at radius 3 is 2.44 bits per heavy atom. The Hall–Kier alpha value is -0.380. The predicted octanol–water partition coefficient (Wildman–Crippen LogP) is 4.46. The van der Waals surface area contributed by atoms with Crippen molar-refractivity contribution < 1.29 is 14.2 Å². The lowest BCUT2D eigenvalue weighted by Gasteiger charge is -2.58. The number of hydrogen-bond donors (Lipinski definition) is 0. The maximum absolute atomic E-state index is 6.27. The van der Waals surface area contributed by atoms with Gasteiger partial charge in [-0.15, -0.1) is 0 Å². The van der Waals surface area contributed by atoms with Crippen LogP contribution in [-0.4, -0.2) is 31.2 Å². The van der Waals surface area contributed by atoms with E-state index in [2.05, 4.69) is 19.9 Å². The van der Waals surface area contributed by atoms with E-state index < -0.39 is 0 Å². The third kappa shape index (κ3) is 1.83. The number of ether oxygens (including phenoxy) is 3. The Labute approximate surface area is 151 Å². The highest BCUT2D eigenvalue weighted by atomic mass is 16.7. The van der Waals surface area contributed by atoms with Crippen LogP contribution in [0.1, 0.15) is 65.2 Å². The third-order valence-corrected chi connectivity index (χ3v) is 9.59. The van der Waals surface area contributed by atoms with Crippen LogP contribution in [0.5, 0.6) is 0 Å². The van der Waals surface area contributed by atoms with E-state index in [1.165, 1.54) is 44.9 Å². The molecule has 6 atom stereocenters. The fourth-order valence-electron chi connectivity index (χ4n) is 7.93. The highest BCUT2D eigenvalue weighted by Gasteiger charge is 2.67. The normalized spacial score (nSPS) is 55.6. The number of fused-ring (bicyclic) bond motifs is 6. The largest absolute Gasteiger partial charge is 0.369 e. The molecule has 4 aliphatic carbocycles. The minimum Gasteiger partial charge on any atom is -0.369 e. The van der Waals surface area contributed by atoms with E-state index in [-0.39, 0.29) is 16.8 Å². The molecule has 0 unspecified atom stereocenters. The van der Waals surface area contributed by atoms with Crippen LogP contribution in [0, 0.1) is 28.6 Å². The SMILES string of the molecule is C[C@]12CC[C@@]3(CO3)CC1=CC[C@@H]1[C@@H]2CC[C@@]2(C)[C@H]1CCC21OCCO1. The lowest BCUT2D eigenvalue weighted by atomic mass is 9.47. The summed E-state index contributed by atoms with van der Waals surface area (Å²) in [7, 11) is 0. The summed E-state index contributed by atoms with van der Waals surface area (Å²) < 4.78 is 18.4. The molecule has 6 aliphatic rings. The van der Waals surface area contributed by atoms with Crippen LogP contribution < -0.4 is 0 Å². The van der Waals surface area contributed by atoms with Crippen molar-refractivity contribution in [1.82, 2.24) is 0 Å². The molecule has 3 nitrogen and oxygen atoms in total. The van der Waals surface area contributed by atoms with Crippen molar-refractivity contribution in [3.05, 3.63) is 11.6 Å². The predicted molar refractivity (Wildman–Crippen MR) is 95.0 cm³/mol. The number of hydrogen-bond acceptors (Lipinski definition) is 3. The maximum Gasteiger partial charge on any atom is 0.174 e. The van der Waals surface area contributed by atoms with Crippen molar-refractivity contribution >= 4 is 0 Å². The van der Waals surface area contributed by atoms with Gasteiger partial charge in [0.05, 0.1) is 25.4 Å². The fraction of sp³-hybridized carbons (Fsp3) is 0.909. The zero-order valence-electron chi connectivity index (χ0n) is 15.8. The number of allylic oxidation sites excluding steroid dienone is 1. The molecular formula is C22H32O3. The van der Waals surface area contributed by atoms with E-state index in [4.69, 9.17) is 14.2 Å². The smallest absolute Gasteiger partial charge is 0.174 e. The van der Waals surface area contributed by atoms with Gasteiger partial charge in [-0.05, 0) is 61.7 Å². The van der Waals surface area contributed by atoms with Crippen molar-refractivity contribution in [2.75, 3.05) is 19.8 Å². The molecule has 0 aromatic carbocycles. The molecule has 6 rings (SSSR count). The van der Waals surface area contributed by atoms with Crippen LogP contribution in [0.15, 0.2) is 11.6 Å². The lowest BCUT2D eigenvalue weighted by Crippen LogP contribution is -2.55. The average Bonchev–Trinajstić information content (AvgIpc) is 3.06. The second-order valence-corrected chi connectivity index (χ2v) is 10.4. The molecule has 2 spiro atoms.